The first-order valence-electron chi connectivity index (χ1n) is 5.09. The van der Waals surface area contributed by atoms with Crippen molar-refractivity contribution in [3.8, 4) is 0 Å². The third-order valence-electron chi connectivity index (χ3n) is 2.36. The molecule has 88 valence electrons. The second-order valence-corrected chi connectivity index (χ2v) is 4.73. The van der Waals surface area contributed by atoms with Crippen LogP contribution >= 0.6 is 22.6 Å². The average molecular weight is 345 g/mol. The first-order valence-corrected chi connectivity index (χ1v) is 6.17. The normalized spacial score (nSPS) is 10.3. The zero-order chi connectivity index (χ0) is 12.3. The number of halogens is 3. The fraction of sp³-hybridized carbons (Fsp3) is 0.0769. The highest BCUT2D eigenvalue weighted by Gasteiger charge is 2.04. The summed E-state index contributed by atoms with van der Waals surface area (Å²) in [5.41, 5.74) is 1.39. The van der Waals surface area contributed by atoms with Crippen LogP contribution in [0.4, 0.5) is 14.5 Å². The molecule has 0 aliphatic carbocycles. The summed E-state index contributed by atoms with van der Waals surface area (Å²) in [5, 5.41) is 3.12. The molecule has 0 radical (unpaired) electrons. The van der Waals surface area contributed by atoms with E-state index in [0.717, 1.165) is 15.3 Å². The molecule has 0 amide bonds. The van der Waals surface area contributed by atoms with E-state index in [2.05, 4.69) is 27.9 Å². The van der Waals surface area contributed by atoms with Crippen LogP contribution in [0.5, 0.6) is 0 Å². The molecule has 1 N–H and O–H groups in total. The van der Waals surface area contributed by atoms with E-state index in [9.17, 15) is 8.78 Å². The summed E-state index contributed by atoms with van der Waals surface area (Å²) in [6.07, 6.45) is 0. The van der Waals surface area contributed by atoms with Crippen LogP contribution in [-0.2, 0) is 6.54 Å². The summed E-state index contributed by atoms with van der Waals surface area (Å²) in [5.74, 6) is -1.08. The zero-order valence-electron chi connectivity index (χ0n) is 8.88. The van der Waals surface area contributed by atoms with Gasteiger partial charge in [0.25, 0.3) is 0 Å². The summed E-state index contributed by atoms with van der Waals surface area (Å²) in [7, 11) is 0. The van der Waals surface area contributed by atoms with Crippen LogP contribution in [0.3, 0.4) is 0 Å². The number of rotatable bonds is 3. The van der Waals surface area contributed by atoms with Crippen molar-refractivity contribution in [2.75, 3.05) is 5.32 Å². The lowest BCUT2D eigenvalue weighted by Crippen LogP contribution is -2.03. The Morgan fingerprint density at radius 2 is 1.82 bits per heavy atom. The lowest BCUT2D eigenvalue weighted by molar-refractivity contribution is 0.574. The van der Waals surface area contributed by atoms with Crippen molar-refractivity contribution in [1.29, 1.82) is 0 Å². The van der Waals surface area contributed by atoms with Crippen molar-refractivity contribution in [3.05, 3.63) is 63.2 Å². The van der Waals surface area contributed by atoms with Gasteiger partial charge in [-0.15, -0.1) is 0 Å². The molecule has 2 aromatic rings. The van der Waals surface area contributed by atoms with Crippen molar-refractivity contribution in [2.24, 2.45) is 0 Å². The van der Waals surface area contributed by atoms with Crippen molar-refractivity contribution < 1.29 is 8.78 Å². The summed E-state index contributed by atoms with van der Waals surface area (Å²) >= 11 is 2.20. The van der Waals surface area contributed by atoms with Crippen molar-refractivity contribution in [1.82, 2.24) is 0 Å². The minimum Gasteiger partial charge on any atom is -0.380 e. The van der Waals surface area contributed by atoms with Gasteiger partial charge in [0.2, 0.25) is 0 Å². The first kappa shape index (κ1) is 12.3. The Morgan fingerprint density at radius 3 is 2.53 bits per heavy atom. The fourth-order valence-corrected chi connectivity index (χ4v) is 2.04. The molecule has 0 saturated heterocycles. The topological polar surface area (TPSA) is 12.0 Å². The van der Waals surface area contributed by atoms with Crippen molar-refractivity contribution in [2.45, 2.75) is 6.54 Å². The quantitative estimate of drug-likeness (QED) is 0.823. The third-order valence-corrected chi connectivity index (χ3v) is 3.30. The molecule has 0 aliphatic heterocycles. The molecule has 0 aromatic heterocycles. The van der Waals surface area contributed by atoms with Gasteiger partial charge in [-0.1, -0.05) is 18.2 Å². The van der Waals surface area contributed by atoms with Crippen molar-refractivity contribution >= 4 is 28.3 Å². The highest BCUT2D eigenvalue weighted by Crippen LogP contribution is 2.18. The number of benzene rings is 2. The standard InChI is InChI=1S/C13H10F2IN/c14-10-6-5-9(11(15)7-10)8-17-13-4-2-1-3-12(13)16/h1-7,17H,8H2. The van der Waals surface area contributed by atoms with Crippen LogP contribution in [0.1, 0.15) is 5.56 Å². The molecule has 0 heterocycles. The van der Waals surface area contributed by atoms with Gasteiger partial charge in [0.15, 0.2) is 0 Å². The molecular formula is C13H10F2IN. The summed E-state index contributed by atoms with van der Waals surface area (Å²) in [4.78, 5) is 0. The van der Waals surface area contributed by atoms with Gasteiger partial charge in [0, 0.05) is 27.4 Å². The second kappa shape index (κ2) is 5.44. The lowest BCUT2D eigenvalue weighted by Gasteiger charge is -2.09. The van der Waals surface area contributed by atoms with Gasteiger partial charge in [0.1, 0.15) is 11.6 Å². The fourth-order valence-electron chi connectivity index (χ4n) is 1.46. The lowest BCUT2D eigenvalue weighted by atomic mass is 10.2. The van der Waals surface area contributed by atoms with Crippen LogP contribution in [0.2, 0.25) is 0 Å². The number of anilines is 1. The Hall–Kier alpha value is -1.17. The van der Waals surface area contributed by atoms with E-state index < -0.39 is 11.6 Å². The molecule has 0 fully saturated rings. The van der Waals surface area contributed by atoms with Crippen LogP contribution in [-0.4, -0.2) is 0 Å². The molecular weight excluding hydrogens is 335 g/mol. The van der Waals surface area contributed by atoms with E-state index in [1.807, 2.05) is 24.3 Å². The molecule has 2 aromatic carbocycles. The third kappa shape index (κ3) is 3.15. The van der Waals surface area contributed by atoms with Gasteiger partial charge >= 0.3 is 0 Å². The van der Waals surface area contributed by atoms with E-state index in [0.29, 0.717) is 12.1 Å². The Balaban J connectivity index is 2.10. The van der Waals surface area contributed by atoms with Gasteiger partial charge in [-0.05, 0) is 40.8 Å². The van der Waals surface area contributed by atoms with Crippen LogP contribution in [0.25, 0.3) is 0 Å². The molecule has 2 rings (SSSR count). The maximum absolute atomic E-state index is 13.4. The van der Waals surface area contributed by atoms with E-state index in [1.165, 1.54) is 12.1 Å². The maximum atomic E-state index is 13.4. The van der Waals surface area contributed by atoms with Crippen LogP contribution in [0.15, 0.2) is 42.5 Å². The molecule has 0 bridgehead atoms. The predicted octanol–water partition coefficient (Wildman–Crippen LogP) is 4.18. The van der Waals surface area contributed by atoms with Crippen LogP contribution < -0.4 is 5.32 Å². The SMILES string of the molecule is Fc1ccc(CNc2ccccc2I)c(F)c1. The molecule has 1 nitrogen and oxygen atoms in total. The summed E-state index contributed by atoms with van der Waals surface area (Å²) < 4.78 is 27.1. The molecule has 17 heavy (non-hydrogen) atoms. The smallest absolute Gasteiger partial charge is 0.131 e. The Labute approximate surface area is 112 Å². The molecule has 0 aliphatic rings. The van der Waals surface area contributed by atoms with Gasteiger partial charge in [-0.3, -0.25) is 0 Å². The number of nitrogens with one attached hydrogen (secondary N) is 1. The summed E-state index contributed by atoms with van der Waals surface area (Å²) in [6, 6.07) is 11.3. The van der Waals surface area contributed by atoms with E-state index >= 15 is 0 Å². The highest BCUT2D eigenvalue weighted by molar-refractivity contribution is 14.1. The highest BCUT2D eigenvalue weighted by atomic mass is 127. The largest absolute Gasteiger partial charge is 0.380 e. The second-order valence-electron chi connectivity index (χ2n) is 3.57. The molecule has 0 atom stereocenters. The van der Waals surface area contributed by atoms with E-state index in [-0.39, 0.29) is 0 Å². The molecule has 0 saturated carbocycles. The minimum absolute atomic E-state index is 0.339. The van der Waals surface area contributed by atoms with Crippen molar-refractivity contribution in [3.63, 3.8) is 0 Å². The first-order chi connectivity index (χ1) is 8.16. The zero-order valence-corrected chi connectivity index (χ0v) is 11.0. The number of para-hydroxylation sites is 1. The molecule has 0 unspecified atom stereocenters. The number of hydrogen-bond acceptors (Lipinski definition) is 1. The van der Waals surface area contributed by atoms with Gasteiger partial charge in [-0.25, -0.2) is 8.78 Å². The van der Waals surface area contributed by atoms with E-state index in [4.69, 9.17) is 0 Å². The molecule has 0 spiro atoms. The summed E-state index contributed by atoms with van der Waals surface area (Å²) in [6.45, 7) is 0.339. The molecule has 4 heteroatoms. The minimum atomic E-state index is -0.555. The van der Waals surface area contributed by atoms with Crippen LogP contribution in [0, 0.1) is 15.2 Å². The Kier molecular flexibility index (Phi) is 3.93. The Morgan fingerprint density at radius 1 is 1.06 bits per heavy atom. The number of hydrogen-bond donors (Lipinski definition) is 1. The monoisotopic (exact) mass is 345 g/mol. The Bertz CT molecular complexity index is 529. The van der Waals surface area contributed by atoms with Gasteiger partial charge < -0.3 is 5.32 Å². The van der Waals surface area contributed by atoms with E-state index in [1.54, 1.807) is 0 Å². The average Bonchev–Trinajstić information content (AvgIpc) is 2.30. The van der Waals surface area contributed by atoms with Gasteiger partial charge in [-0.2, -0.15) is 0 Å². The maximum Gasteiger partial charge on any atom is 0.131 e. The van der Waals surface area contributed by atoms with Gasteiger partial charge in [0.05, 0.1) is 0 Å². The predicted molar refractivity (Wildman–Crippen MR) is 72.8 cm³/mol.